The molecular formula is C24H25NO4S. The maximum absolute atomic E-state index is 13.3. The number of nitrogens with two attached hydrogens (primary N) is 1. The Bertz CT molecular complexity index is 1120. The summed E-state index contributed by atoms with van der Waals surface area (Å²) in [6, 6.07) is 20.8. The van der Waals surface area contributed by atoms with Gasteiger partial charge in [0.2, 0.25) is 9.84 Å². The fourth-order valence-corrected chi connectivity index (χ4v) is 4.67. The minimum atomic E-state index is -3.91. The molecule has 0 aliphatic carbocycles. The van der Waals surface area contributed by atoms with Crippen molar-refractivity contribution in [2.75, 3.05) is 6.61 Å². The van der Waals surface area contributed by atoms with Gasteiger partial charge in [0.05, 0.1) is 22.0 Å². The van der Waals surface area contributed by atoms with Gasteiger partial charge in [0.1, 0.15) is 0 Å². The Morgan fingerprint density at radius 2 is 1.63 bits per heavy atom. The molecule has 0 aliphatic heterocycles. The quantitative estimate of drug-likeness (QED) is 0.574. The molecule has 0 aliphatic rings. The zero-order valence-corrected chi connectivity index (χ0v) is 17.9. The van der Waals surface area contributed by atoms with Crippen LogP contribution >= 0.6 is 0 Å². The molecule has 0 amide bonds. The maximum Gasteiger partial charge on any atom is 0.339 e. The van der Waals surface area contributed by atoms with E-state index in [4.69, 9.17) is 10.5 Å². The maximum atomic E-state index is 13.3. The molecule has 5 nitrogen and oxygen atoms in total. The zero-order valence-electron chi connectivity index (χ0n) is 17.0. The van der Waals surface area contributed by atoms with E-state index in [1.807, 2.05) is 37.3 Å². The largest absolute Gasteiger partial charge is 0.462 e. The van der Waals surface area contributed by atoms with Gasteiger partial charge < -0.3 is 10.5 Å². The normalized spacial score (nSPS) is 12.4. The Morgan fingerprint density at radius 1 is 0.967 bits per heavy atom. The lowest BCUT2D eigenvalue weighted by atomic mass is 10.0. The SMILES string of the molecule is CCOC(=O)c1cc(-c2ccccc2)ccc1S(=O)(=O)c1ccc(CC(C)N)cc1. The second-order valence-corrected chi connectivity index (χ2v) is 9.04. The average Bonchev–Trinajstić information content (AvgIpc) is 2.74. The van der Waals surface area contributed by atoms with E-state index >= 15 is 0 Å². The van der Waals surface area contributed by atoms with Crippen LogP contribution in [0.5, 0.6) is 0 Å². The molecule has 0 fully saturated rings. The van der Waals surface area contributed by atoms with Crippen molar-refractivity contribution in [1.82, 2.24) is 0 Å². The predicted molar refractivity (Wildman–Crippen MR) is 117 cm³/mol. The fraction of sp³-hybridized carbons (Fsp3) is 0.208. The molecule has 1 unspecified atom stereocenters. The summed E-state index contributed by atoms with van der Waals surface area (Å²) < 4.78 is 31.8. The first-order valence-corrected chi connectivity index (χ1v) is 11.3. The van der Waals surface area contributed by atoms with Crippen molar-refractivity contribution in [2.24, 2.45) is 5.73 Å². The standard InChI is InChI=1S/C24H25NO4S/c1-3-29-24(26)22-16-20(19-7-5-4-6-8-19)11-14-23(22)30(27,28)21-12-9-18(10-13-21)15-17(2)25/h4-14,16-17H,3,15,25H2,1-2H3. The van der Waals surface area contributed by atoms with Gasteiger partial charge in [0, 0.05) is 6.04 Å². The van der Waals surface area contributed by atoms with Crippen molar-refractivity contribution in [3.05, 3.63) is 83.9 Å². The Kier molecular flexibility index (Phi) is 6.70. The van der Waals surface area contributed by atoms with Gasteiger partial charge in [-0.3, -0.25) is 0 Å². The monoisotopic (exact) mass is 423 g/mol. The number of sulfone groups is 1. The van der Waals surface area contributed by atoms with E-state index in [1.54, 1.807) is 43.3 Å². The third kappa shape index (κ3) is 4.78. The van der Waals surface area contributed by atoms with Crippen LogP contribution in [0.3, 0.4) is 0 Å². The van der Waals surface area contributed by atoms with Crippen LogP contribution < -0.4 is 5.73 Å². The highest BCUT2D eigenvalue weighted by molar-refractivity contribution is 7.91. The molecule has 0 saturated carbocycles. The Balaban J connectivity index is 2.07. The third-order valence-corrected chi connectivity index (χ3v) is 6.49. The Hall–Kier alpha value is -2.96. The van der Waals surface area contributed by atoms with Gasteiger partial charge in [-0.05, 0) is 61.2 Å². The van der Waals surface area contributed by atoms with Crippen molar-refractivity contribution >= 4 is 15.8 Å². The molecule has 156 valence electrons. The molecule has 3 aromatic carbocycles. The van der Waals surface area contributed by atoms with Crippen LogP contribution in [-0.2, 0) is 21.0 Å². The van der Waals surface area contributed by atoms with Crippen molar-refractivity contribution in [3.63, 3.8) is 0 Å². The topological polar surface area (TPSA) is 86.5 Å². The van der Waals surface area contributed by atoms with Gasteiger partial charge in [0.15, 0.2) is 0 Å². The molecule has 0 spiro atoms. The van der Waals surface area contributed by atoms with Gasteiger partial charge in [0.25, 0.3) is 0 Å². The van der Waals surface area contributed by atoms with Crippen molar-refractivity contribution in [1.29, 1.82) is 0 Å². The number of hydrogen-bond acceptors (Lipinski definition) is 5. The first-order valence-electron chi connectivity index (χ1n) is 9.79. The van der Waals surface area contributed by atoms with E-state index < -0.39 is 15.8 Å². The van der Waals surface area contributed by atoms with Gasteiger partial charge in [-0.25, -0.2) is 13.2 Å². The summed E-state index contributed by atoms with van der Waals surface area (Å²) in [5.74, 6) is -0.664. The van der Waals surface area contributed by atoms with Crippen LogP contribution in [0.4, 0.5) is 0 Å². The number of rotatable bonds is 7. The summed E-state index contributed by atoms with van der Waals surface area (Å²) >= 11 is 0. The molecule has 0 saturated heterocycles. The number of benzene rings is 3. The van der Waals surface area contributed by atoms with E-state index in [0.717, 1.165) is 16.7 Å². The molecule has 1 atom stereocenters. The Labute approximate surface area is 177 Å². The van der Waals surface area contributed by atoms with Gasteiger partial charge in [-0.2, -0.15) is 0 Å². The van der Waals surface area contributed by atoms with Crippen molar-refractivity contribution in [3.8, 4) is 11.1 Å². The first-order chi connectivity index (χ1) is 14.3. The van der Waals surface area contributed by atoms with Crippen molar-refractivity contribution < 1.29 is 17.9 Å². The second kappa shape index (κ2) is 9.24. The predicted octanol–water partition coefficient (Wildman–Crippen LogP) is 4.25. The van der Waals surface area contributed by atoms with Crippen molar-refractivity contribution in [2.45, 2.75) is 36.1 Å². The summed E-state index contributed by atoms with van der Waals surface area (Å²) in [7, 11) is -3.91. The second-order valence-electron chi connectivity index (χ2n) is 7.13. The minimum absolute atomic E-state index is 0.0200. The summed E-state index contributed by atoms with van der Waals surface area (Å²) in [5.41, 5.74) is 8.41. The molecule has 0 radical (unpaired) electrons. The first kappa shape index (κ1) is 21.7. The van der Waals surface area contributed by atoms with E-state index in [2.05, 4.69) is 0 Å². The number of hydrogen-bond donors (Lipinski definition) is 1. The van der Waals surface area contributed by atoms with Crippen LogP contribution in [0, 0.1) is 0 Å². The molecule has 0 heterocycles. The lowest BCUT2D eigenvalue weighted by Crippen LogP contribution is -2.17. The van der Waals surface area contributed by atoms with Crippen LogP contribution in [0.15, 0.2) is 82.6 Å². The van der Waals surface area contributed by atoms with Crippen LogP contribution in [0.1, 0.15) is 29.8 Å². The lowest BCUT2D eigenvalue weighted by molar-refractivity contribution is 0.0522. The number of ether oxygens (including phenoxy) is 1. The van der Waals surface area contributed by atoms with Gasteiger partial charge in [-0.1, -0.05) is 48.5 Å². The molecule has 2 N–H and O–H groups in total. The van der Waals surface area contributed by atoms with Crippen LogP contribution in [-0.4, -0.2) is 27.0 Å². The number of carbonyl (C=O) groups is 1. The summed E-state index contributed by atoms with van der Waals surface area (Å²) in [6.07, 6.45) is 0.653. The van der Waals surface area contributed by atoms with E-state index in [-0.39, 0.29) is 28.0 Å². The number of carbonyl (C=O) groups excluding carboxylic acids is 1. The summed E-state index contributed by atoms with van der Waals surface area (Å²) in [4.78, 5) is 12.7. The molecule has 0 aromatic heterocycles. The fourth-order valence-electron chi connectivity index (χ4n) is 3.25. The molecule has 0 bridgehead atoms. The lowest BCUT2D eigenvalue weighted by Gasteiger charge is -2.13. The average molecular weight is 424 g/mol. The van der Waals surface area contributed by atoms with Gasteiger partial charge >= 0.3 is 5.97 Å². The summed E-state index contributed by atoms with van der Waals surface area (Å²) in [5, 5.41) is 0. The smallest absolute Gasteiger partial charge is 0.339 e. The van der Waals surface area contributed by atoms with Crippen LogP contribution in [0.25, 0.3) is 11.1 Å². The highest BCUT2D eigenvalue weighted by Crippen LogP contribution is 2.29. The molecule has 30 heavy (non-hydrogen) atoms. The van der Waals surface area contributed by atoms with Crippen LogP contribution in [0.2, 0.25) is 0 Å². The van der Waals surface area contributed by atoms with E-state index in [9.17, 15) is 13.2 Å². The Morgan fingerprint density at radius 3 is 2.23 bits per heavy atom. The summed E-state index contributed by atoms with van der Waals surface area (Å²) in [6.45, 7) is 3.73. The zero-order chi connectivity index (χ0) is 21.7. The van der Waals surface area contributed by atoms with E-state index in [1.165, 1.54) is 6.07 Å². The molecule has 3 aromatic rings. The molecule has 6 heteroatoms. The van der Waals surface area contributed by atoms with E-state index in [0.29, 0.717) is 6.42 Å². The third-order valence-electron chi connectivity index (χ3n) is 4.66. The highest BCUT2D eigenvalue weighted by atomic mass is 32.2. The number of esters is 1. The molecule has 3 rings (SSSR count). The highest BCUT2D eigenvalue weighted by Gasteiger charge is 2.26. The minimum Gasteiger partial charge on any atom is -0.462 e. The molecular weight excluding hydrogens is 398 g/mol. The van der Waals surface area contributed by atoms with Gasteiger partial charge in [-0.15, -0.1) is 0 Å².